The van der Waals surface area contributed by atoms with E-state index in [9.17, 15) is 13.6 Å². The molecule has 1 aliphatic rings. The van der Waals surface area contributed by atoms with E-state index >= 15 is 0 Å². The van der Waals surface area contributed by atoms with Gasteiger partial charge in [0.1, 0.15) is 36.3 Å². The second-order valence-corrected chi connectivity index (χ2v) is 12.7. The van der Waals surface area contributed by atoms with Crippen molar-refractivity contribution in [2.24, 2.45) is 0 Å². The first kappa shape index (κ1) is 38.8. The number of carbonyl (C=O) groups excluding carboxylic acids is 1. The average Bonchev–Trinajstić information content (AvgIpc) is 3.16. The maximum absolute atomic E-state index is 14.9. The fourth-order valence-corrected chi connectivity index (χ4v) is 5.90. The first-order valence-electron chi connectivity index (χ1n) is 16.6. The highest BCUT2D eigenvalue weighted by Gasteiger charge is 2.21. The van der Waals surface area contributed by atoms with Crippen molar-refractivity contribution in [3.05, 3.63) is 153 Å². The van der Waals surface area contributed by atoms with E-state index in [-0.39, 0.29) is 36.6 Å². The fourth-order valence-electron chi connectivity index (χ4n) is 5.59. The van der Waals surface area contributed by atoms with Gasteiger partial charge in [0.25, 0.3) is 0 Å². The summed E-state index contributed by atoms with van der Waals surface area (Å²) >= 11 is 6.59. The summed E-state index contributed by atoms with van der Waals surface area (Å²) in [5.74, 6) is 1.11. The number of halogens is 4. The van der Waals surface area contributed by atoms with Gasteiger partial charge in [-0.3, -0.25) is 9.69 Å². The minimum absolute atomic E-state index is 0. The van der Waals surface area contributed by atoms with Crippen LogP contribution in [0.25, 0.3) is 6.08 Å². The number of nitriles is 1. The summed E-state index contributed by atoms with van der Waals surface area (Å²) in [6.45, 7) is 5.08. The van der Waals surface area contributed by atoms with Crippen LogP contribution in [-0.4, -0.2) is 46.9 Å². The third-order valence-electron chi connectivity index (χ3n) is 8.49. The van der Waals surface area contributed by atoms with Gasteiger partial charge in [-0.1, -0.05) is 35.9 Å². The van der Waals surface area contributed by atoms with E-state index in [0.717, 1.165) is 16.7 Å². The molecule has 12 heteroatoms. The number of amides is 1. The predicted molar refractivity (Wildman–Crippen MR) is 201 cm³/mol. The Hall–Kier alpha value is -5.47. The maximum Gasteiger partial charge on any atom is 0.246 e. The largest absolute Gasteiger partial charge is 0.489 e. The summed E-state index contributed by atoms with van der Waals surface area (Å²) in [7, 11) is 0. The van der Waals surface area contributed by atoms with Crippen molar-refractivity contribution in [1.29, 1.82) is 5.26 Å². The second-order valence-electron chi connectivity index (χ2n) is 12.3. The molecule has 0 aliphatic carbocycles. The average molecular weight is 758 g/mol. The van der Waals surface area contributed by atoms with Crippen molar-refractivity contribution < 1.29 is 27.8 Å². The van der Waals surface area contributed by atoms with Gasteiger partial charge in [-0.05, 0) is 95.9 Å². The Labute approximate surface area is 318 Å². The van der Waals surface area contributed by atoms with Gasteiger partial charge in [0.2, 0.25) is 11.8 Å². The number of aryl methyl sites for hydroxylation is 1. The summed E-state index contributed by atoms with van der Waals surface area (Å²) in [5, 5.41) is 9.32. The van der Waals surface area contributed by atoms with Gasteiger partial charge in [0, 0.05) is 50.4 Å². The quantitative estimate of drug-likeness (QED) is 0.118. The fraction of sp³-hybridized carbons (Fsp3) is 0.195. The molecule has 6 rings (SSSR count). The maximum atomic E-state index is 14.9. The molecule has 1 fully saturated rings. The van der Waals surface area contributed by atoms with Crippen LogP contribution >= 0.6 is 24.0 Å². The number of rotatable bonds is 12. The zero-order chi connectivity index (χ0) is 36.5. The van der Waals surface area contributed by atoms with Gasteiger partial charge in [0.05, 0.1) is 22.9 Å². The summed E-state index contributed by atoms with van der Waals surface area (Å²) in [6, 6.07) is 27.1. The highest BCUT2D eigenvalue weighted by molar-refractivity contribution is 6.32. The normalized spacial score (nSPS) is 12.9. The lowest BCUT2D eigenvalue weighted by Gasteiger charge is -2.34. The molecule has 5 aromatic rings. The van der Waals surface area contributed by atoms with Crippen molar-refractivity contribution >= 4 is 36.0 Å². The number of ether oxygens (including phenoxy) is 3. The lowest BCUT2D eigenvalue weighted by Crippen LogP contribution is -2.47. The van der Waals surface area contributed by atoms with E-state index in [1.807, 2.05) is 31.2 Å². The first-order valence-corrected chi connectivity index (χ1v) is 17.0. The number of aromatic nitrogens is 1. The van der Waals surface area contributed by atoms with Crippen LogP contribution in [0.2, 0.25) is 5.02 Å². The smallest absolute Gasteiger partial charge is 0.246 e. The monoisotopic (exact) mass is 756 g/mol. The van der Waals surface area contributed by atoms with Gasteiger partial charge in [-0.25, -0.2) is 13.8 Å². The Balaban J connectivity index is 0.00000541. The summed E-state index contributed by atoms with van der Waals surface area (Å²) < 4.78 is 45.4. The minimum Gasteiger partial charge on any atom is -0.489 e. The van der Waals surface area contributed by atoms with Crippen LogP contribution in [0.3, 0.4) is 0 Å². The SMILES string of the molecule is Cc1cc(/C=C/C(=O)N2CCN(Cc3ccc(COc4ccc(F)cc4)cc3F)CC2)cc(Cl)c1Oc1ccc(OCc2ccc(C#N)cc2)cn1.Cl. The van der Waals surface area contributed by atoms with E-state index in [2.05, 4.69) is 16.0 Å². The molecule has 1 saturated heterocycles. The Kier molecular flexibility index (Phi) is 13.4. The Morgan fingerprint density at radius 2 is 1.57 bits per heavy atom. The van der Waals surface area contributed by atoms with Gasteiger partial charge in [-0.15, -0.1) is 12.4 Å². The zero-order valence-corrected chi connectivity index (χ0v) is 30.4. The summed E-state index contributed by atoms with van der Waals surface area (Å²) in [6.07, 6.45) is 4.83. The second kappa shape index (κ2) is 18.3. The molecule has 53 heavy (non-hydrogen) atoms. The molecule has 272 valence electrons. The lowest BCUT2D eigenvalue weighted by atomic mass is 10.1. The van der Waals surface area contributed by atoms with Gasteiger partial charge < -0.3 is 19.1 Å². The lowest BCUT2D eigenvalue weighted by molar-refractivity contribution is -0.127. The molecule has 0 bridgehead atoms. The van der Waals surface area contributed by atoms with Crippen LogP contribution < -0.4 is 14.2 Å². The number of hydrogen-bond donors (Lipinski definition) is 0. The van der Waals surface area contributed by atoms with E-state index in [1.165, 1.54) is 36.4 Å². The molecule has 0 atom stereocenters. The number of piperazine rings is 1. The molecular formula is C41H36Cl2F2N4O4. The molecule has 0 N–H and O–H groups in total. The van der Waals surface area contributed by atoms with Crippen LogP contribution in [-0.2, 0) is 24.6 Å². The molecule has 8 nitrogen and oxygen atoms in total. The number of nitrogens with zero attached hydrogens (tertiary/aromatic N) is 4. The minimum atomic E-state index is -0.346. The molecule has 1 aliphatic heterocycles. The Morgan fingerprint density at radius 1 is 0.887 bits per heavy atom. The number of benzene rings is 4. The molecule has 1 aromatic heterocycles. The molecule has 0 unspecified atom stereocenters. The number of hydrogen-bond acceptors (Lipinski definition) is 7. The predicted octanol–water partition coefficient (Wildman–Crippen LogP) is 8.92. The number of carbonyl (C=O) groups is 1. The highest BCUT2D eigenvalue weighted by atomic mass is 35.5. The van der Waals surface area contributed by atoms with E-state index < -0.39 is 0 Å². The Morgan fingerprint density at radius 3 is 2.23 bits per heavy atom. The molecule has 0 spiro atoms. The van der Waals surface area contributed by atoms with Crippen molar-refractivity contribution in [1.82, 2.24) is 14.8 Å². The van der Waals surface area contributed by atoms with Gasteiger partial charge in [-0.2, -0.15) is 5.26 Å². The molecule has 0 saturated carbocycles. The molecule has 1 amide bonds. The Bertz CT molecular complexity index is 2060. The van der Waals surface area contributed by atoms with Crippen molar-refractivity contribution in [2.45, 2.75) is 26.7 Å². The topological polar surface area (TPSA) is 87.9 Å². The van der Waals surface area contributed by atoms with Crippen molar-refractivity contribution in [3.8, 4) is 29.2 Å². The zero-order valence-electron chi connectivity index (χ0n) is 28.8. The number of pyridine rings is 1. The van der Waals surface area contributed by atoms with E-state index in [4.69, 9.17) is 31.1 Å². The third-order valence-corrected chi connectivity index (χ3v) is 8.77. The van der Waals surface area contributed by atoms with Crippen LogP contribution in [0.5, 0.6) is 23.1 Å². The molecule has 4 aromatic carbocycles. The van der Waals surface area contributed by atoms with Crippen LogP contribution in [0.4, 0.5) is 8.78 Å². The third kappa shape index (κ3) is 10.8. The van der Waals surface area contributed by atoms with Gasteiger partial charge in [0.15, 0.2) is 5.75 Å². The summed E-state index contributed by atoms with van der Waals surface area (Å²) in [5.41, 5.74) is 4.30. The van der Waals surface area contributed by atoms with Crippen molar-refractivity contribution in [2.75, 3.05) is 26.2 Å². The highest BCUT2D eigenvalue weighted by Crippen LogP contribution is 2.34. The van der Waals surface area contributed by atoms with E-state index in [0.29, 0.717) is 84.2 Å². The summed E-state index contributed by atoms with van der Waals surface area (Å²) in [4.78, 5) is 21.2. The van der Waals surface area contributed by atoms with Crippen LogP contribution in [0.1, 0.15) is 33.4 Å². The standard InChI is InChI=1S/C41H35ClF2N4O4.ClH/c1-28-20-31(21-37(42)41(28)52-39-14-13-36(24-46-39)51-26-30-4-2-29(23-45)3-5-30)7-15-40(49)48-18-16-47(17-19-48)25-33-8-6-32(22-38(33)44)27-50-35-11-9-34(43)10-12-35;/h2-15,20-22,24H,16-19,25-27H2,1H3;1H/b15-7+;. The van der Waals surface area contributed by atoms with Crippen molar-refractivity contribution in [3.63, 3.8) is 0 Å². The van der Waals surface area contributed by atoms with Crippen LogP contribution in [0.15, 0.2) is 103 Å². The van der Waals surface area contributed by atoms with Crippen LogP contribution in [0, 0.1) is 29.9 Å². The van der Waals surface area contributed by atoms with Gasteiger partial charge >= 0.3 is 0 Å². The molecule has 2 heterocycles. The molecule has 0 radical (unpaired) electrons. The van der Waals surface area contributed by atoms with E-state index in [1.54, 1.807) is 53.6 Å². The molecular weight excluding hydrogens is 721 g/mol. The first-order chi connectivity index (χ1) is 25.2.